The summed E-state index contributed by atoms with van der Waals surface area (Å²) in [4.78, 5) is 28.7. The lowest BCUT2D eigenvalue weighted by molar-refractivity contribution is -0.127. The number of benzene rings is 1. The first-order valence-electron chi connectivity index (χ1n) is 9.07. The third-order valence-electron chi connectivity index (χ3n) is 5.61. The number of allylic oxidation sites excluding steroid dienone is 2. The molecule has 2 amide bonds. The molecule has 4 nitrogen and oxygen atoms in total. The van der Waals surface area contributed by atoms with Crippen molar-refractivity contribution in [2.24, 2.45) is 5.92 Å². The topological polar surface area (TPSA) is 40.6 Å². The summed E-state index contributed by atoms with van der Waals surface area (Å²) in [5.41, 5.74) is 2.34. The van der Waals surface area contributed by atoms with Gasteiger partial charge in [0.2, 0.25) is 11.8 Å². The number of hydrogen-bond donors (Lipinski definition) is 0. The third kappa shape index (κ3) is 2.74. The number of carbonyl (C=O) groups excluding carboxylic acids is 2. The number of para-hydroxylation sites is 1. The van der Waals surface area contributed by atoms with E-state index in [-0.39, 0.29) is 17.7 Å². The van der Waals surface area contributed by atoms with Crippen molar-refractivity contribution in [2.45, 2.75) is 38.0 Å². The fourth-order valence-corrected chi connectivity index (χ4v) is 4.24. The number of rotatable bonds is 4. The van der Waals surface area contributed by atoms with Gasteiger partial charge in [-0.3, -0.25) is 9.59 Å². The molecule has 0 saturated carbocycles. The van der Waals surface area contributed by atoms with Gasteiger partial charge in [-0.15, -0.1) is 0 Å². The zero-order chi connectivity index (χ0) is 16.5. The first-order chi connectivity index (χ1) is 11.7. The maximum absolute atomic E-state index is 12.9. The fraction of sp³-hybridized carbons (Fsp3) is 0.500. The average molecular weight is 324 g/mol. The quantitative estimate of drug-likeness (QED) is 0.799. The van der Waals surface area contributed by atoms with Gasteiger partial charge < -0.3 is 9.80 Å². The molecular formula is C20H24N2O2. The molecule has 0 N–H and O–H groups in total. The van der Waals surface area contributed by atoms with Crippen molar-refractivity contribution in [3.63, 3.8) is 0 Å². The lowest BCUT2D eigenvalue weighted by atomic mass is 9.98. The standard InChI is InChI=1S/C20H24N2O2/c23-19-10-5-12-21(19)13-11-16-14-22(18-9-4-3-8-17(16)18)20(24)15-6-1-2-7-15/h1-4,8-9,15-16H,5-7,10-14H2/t16-/m0/s1. The van der Waals surface area contributed by atoms with Gasteiger partial charge in [0.25, 0.3) is 0 Å². The van der Waals surface area contributed by atoms with E-state index in [1.807, 2.05) is 15.9 Å². The Balaban J connectivity index is 1.48. The Morgan fingerprint density at radius 1 is 1.17 bits per heavy atom. The lowest BCUT2D eigenvalue weighted by Gasteiger charge is -2.22. The number of amides is 2. The summed E-state index contributed by atoms with van der Waals surface area (Å²) in [6, 6.07) is 8.28. The normalized spacial score (nSPS) is 23.3. The molecule has 1 aliphatic carbocycles. The van der Waals surface area contributed by atoms with E-state index >= 15 is 0 Å². The van der Waals surface area contributed by atoms with Gasteiger partial charge >= 0.3 is 0 Å². The van der Waals surface area contributed by atoms with Crippen LogP contribution in [0.5, 0.6) is 0 Å². The van der Waals surface area contributed by atoms with Gasteiger partial charge in [-0.2, -0.15) is 0 Å². The zero-order valence-electron chi connectivity index (χ0n) is 14.0. The van der Waals surface area contributed by atoms with Crippen LogP contribution in [0.25, 0.3) is 0 Å². The van der Waals surface area contributed by atoms with Crippen molar-refractivity contribution < 1.29 is 9.59 Å². The van der Waals surface area contributed by atoms with Gasteiger partial charge in [0.1, 0.15) is 0 Å². The molecular weight excluding hydrogens is 300 g/mol. The van der Waals surface area contributed by atoms with Crippen molar-refractivity contribution >= 4 is 17.5 Å². The molecule has 1 saturated heterocycles. The molecule has 1 atom stereocenters. The lowest BCUT2D eigenvalue weighted by Crippen LogP contribution is -2.35. The Labute approximate surface area is 143 Å². The highest BCUT2D eigenvalue weighted by atomic mass is 16.2. The summed E-state index contributed by atoms with van der Waals surface area (Å²) in [6.45, 7) is 2.46. The summed E-state index contributed by atoms with van der Waals surface area (Å²) in [7, 11) is 0. The van der Waals surface area contributed by atoms with Crippen LogP contribution in [0.3, 0.4) is 0 Å². The minimum absolute atomic E-state index is 0.108. The van der Waals surface area contributed by atoms with Gasteiger partial charge in [-0.1, -0.05) is 30.4 Å². The molecule has 0 bridgehead atoms. The van der Waals surface area contributed by atoms with Crippen LogP contribution in [0, 0.1) is 5.92 Å². The van der Waals surface area contributed by atoms with Crippen LogP contribution in [-0.2, 0) is 9.59 Å². The smallest absolute Gasteiger partial charge is 0.230 e. The van der Waals surface area contributed by atoms with Crippen LogP contribution in [0.2, 0.25) is 0 Å². The Bertz CT molecular complexity index is 674. The van der Waals surface area contributed by atoms with E-state index in [2.05, 4.69) is 30.4 Å². The van der Waals surface area contributed by atoms with E-state index in [4.69, 9.17) is 0 Å². The van der Waals surface area contributed by atoms with E-state index in [1.54, 1.807) is 0 Å². The predicted molar refractivity (Wildman–Crippen MR) is 93.8 cm³/mol. The SMILES string of the molecule is O=C1CCCN1CC[C@H]1CN(C(=O)C2CC=CC2)c2ccccc21. The zero-order valence-corrected chi connectivity index (χ0v) is 14.0. The predicted octanol–water partition coefficient (Wildman–Crippen LogP) is 3.10. The first-order valence-corrected chi connectivity index (χ1v) is 9.07. The number of hydrogen-bond acceptors (Lipinski definition) is 2. The molecule has 1 fully saturated rings. The summed E-state index contributed by atoms with van der Waals surface area (Å²) < 4.78 is 0. The highest BCUT2D eigenvalue weighted by Gasteiger charge is 2.35. The van der Waals surface area contributed by atoms with Crippen LogP contribution < -0.4 is 4.90 Å². The van der Waals surface area contributed by atoms with Crippen LogP contribution in [0.4, 0.5) is 5.69 Å². The molecule has 126 valence electrons. The number of fused-ring (bicyclic) bond motifs is 1. The molecule has 1 aromatic rings. The number of carbonyl (C=O) groups is 2. The number of nitrogens with zero attached hydrogens (tertiary/aromatic N) is 2. The minimum atomic E-state index is 0.108. The molecule has 0 unspecified atom stereocenters. The fourth-order valence-electron chi connectivity index (χ4n) is 4.24. The van der Waals surface area contributed by atoms with Gasteiger partial charge in [0.05, 0.1) is 0 Å². The molecule has 4 rings (SSSR count). The Morgan fingerprint density at radius 3 is 2.71 bits per heavy atom. The maximum Gasteiger partial charge on any atom is 0.230 e. The van der Waals surface area contributed by atoms with E-state index in [0.717, 1.165) is 51.0 Å². The Morgan fingerprint density at radius 2 is 1.96 bits per heavy atom. The third-order valence-corrected chi connectivity index (χ3v) is 5.61. The van der Waals surface area contributed by atoms with E-state index < -0.39 is 0 Å². The van der Waals surface area contributed by atoms with Gasteiger partial charge in [0, 0.05) is 43.6 Å². The van der Waals surface area contributed by atoms with Crippen LogP contribution in [0.15, 0.2) is 36.4 Å². The summed E-state index contributed by atoms with van der Waals surface area (Å²) in [5.74, 6) is 0.989. The number of anilines is 1. The monoisotopic (exact) mass is 324 g/mol. The molecule has 0 aromatic heterocycles. The first kappa shape index (κ1) is 15.4. The molecule has 2 heterocycles. The second kappa shape index (κ2) is 6.42. The molecule has 0 radical (unpaired) electrons. The second-order valence-corrected chi connectivity index (χ2v) is 7.12. The van der Waals surface area contributed by atoms with Gasteiger partial charge in [-0.25, -0.2) is 0 Å². The number of likely N-dealkylation sites (tertiary alicyclic amines) is 1. The van der Waals surface area contributed by atoms with Crippen LogP contribution in [0.1, 0.15) is 43.6 Å². The molecule has 1 aromatic carbocycles. The average Bonchev–Trinajstić information content (AvgIpc) is 3.33. The molecule has 4 heteroatoms. The molecule has 0 spiro atoms. The summed E-state index contributed by atoms with van der Waals surface area (Å²) in [5, 5.41) is 0. The summed E-state index contributed by atoms with van der Waals surface area (Å²) in [6.07, 6.45) is 8.58. The van der Waals surface area contributed by atoms with Gasteiger partial charge in [0.15, 0.2) is 0 Å². The van der Waals surface area contributed by atoms with Crippen LogP contribution >= 0.6 is 0 Å². The van der Waals surface area contributed by atoms with Gasteiger partial charge in [-0.05, 0) is 37.3 Å². The maximum atomic E-state index is 12.9. The van der Waals surface area contributed by atoms with Crippen LogP contribution in [-0.4, -0.2) is 36.3 Å². The summed E-state index contributed by atoms with van der Waals surface area (Å²) >= 11 is 0. The van der Waals surface area contributed by atoms with Crippen molar-refractivity contribution in [1.29, 1.82) is 0 Å². The van der Waals surface area contributed by atoms with Crippen molar-refractivity contribution in [2.75, 3.05) is 24.5 Å². The van der Waals surface area contributed by atoms with E-state index in [0.29, 0.717) is 12.3 Å². The largest absolute Gasteiger partial charge is 0.343 e. The Kier molecular flexibility index (Phi) is 4.13. The molecule has 24 heavy (non-hydrogen) atoms. The second-order valence-electron chi connectivity index (χ2n) is 7.12. The van der Waals surface area contributed by atoms with Crippen molar-refractivity contribution in [3.05, 3.63) is 42.0 Å². The van der Waals surface area contributed by atoms with Crippen molar-refractivity contribution in [3.8, 4) is 0 Å². The van der Waals surface area contributed by atoms with E-state index in [1.165, 1.54) is 5.56 Å². The molecule has 3 aliphatic rings. The van der Waals surface area contributed by atoms with Crippen molar-refractivity contribution in [1.82, 2.24) is 4.90 Å². The highest BCUT2D eigenvalue weighted by molar-refractivity contribution is 5.97. The molecule has 2 aliphatic heterocycles. The minimum Gasteiger partial charge on any atom is -0.343 e. The highest BCUT2D eigenvalue weighted by Crippen LogP contribution is 2.39. The van der Waals surface area contributed by atoms with E-state index in [9.17, 15) is 9.59 Å². The Hall–Kier alpha value is -2.10.